The van der Waals surface area contributed by atoms with E-state index in [0.717, 1.165) is 32.3 Å². The van der Waals surface area contributed by atoms with Crippen molar-refractivity contribution in [2.45, 2.75) is 49.1 Å². The number of nitrogens with zero attached hydrogens (tertiary/aromatic N) is 1. The van der Waals surface area contributed by atoms with E-state index in [4.69, 9.17) is 4.74 Å². The topological polar surface area (TPSA) is 75.7 Å². The summed E-state index contributed by atoms with van der Waals surface area (Å²) in [5.74, 6) is -0.218. The number of nitrogens with one attached hydrogen (secondary N) is 1. The van der Waals surface area contributed by atoms with E-state index in [1.54, 1.807) is 30.3 Å². The molecule has 2 unspecified atom stereocenters. The van der Waals surface area contributed by atoms with Crippen molar-refractivity contribution in [1.82, 2.24) is 9.62 Å². The molecule has 1 aromatic rings. The van der Waals surface area contributed by atoms with Gasteiger partial charge in [0.2, 0.25) is 15.9 Å². The first kappa shape index (κ1) is 17.4. The van der Waals surface area contributed by atoms with Gasteiger partial charge in [0.25, 0.3) is 0 Å². The molecule has 2 heterocycles. The van der Waals surface area contributed by atoms with Crippen LogP contribution in [0.4, 0.5) is 0 Å². The Bertz CT molecular complexity index is 656. The van der Waals surface area contributed by atoms with Crippen LogP contribution in [-0.2, 0) is 19.6 Å². The molecular weight excluding hydrogens is 328 g/mol. The molecule has 0 bridgehead atoms. The monoisotopic (exact) mass is 352 g/mol. The molecule has 0 saturated carbocycles. The molecule has 1 N–H and O–H groups in total. The molecule has 0 spiro atoms. The standard InChI is InChI=1S/C17H24N2O4S/c20-17(18-13-14-7-6-12-23-14)16-10-4-5-11-19(16)24(21,22)15-8-2-1-3-9-15/h1-3,8-9,14,16H,4-7,10-13H2,(H,18,20). The van der Waals surface area contributed by atoms with Crippen LogP contribution in [0.5, 0.6) is 0 Å². The molecule has 2 aliphatic rings. The van der Waals surface area contributed by atoms with E-state index < -0.39 is 16.1 Å². The van der Waals surface area contributed by atoms with Gasteiger partial charge < -0.3 is 10.1 Å². The lowest BCUT2D eigenvalue weighted by atomic mass is 10.0. The summed E-state index contributed by atoms with van der Waals surface area (Å²) in [7, 11) is -3.65. The highest BCUT2D eigenvalue weighted by atomic mass is 32.2. The fourth-order valence-corrected chi connectivity index (χ4v) is 5.00. The van der Waals surface area contributed by atoms with Crippen LogP contribution in [-0.4, -0.2) is 50.5 Å². The lowest BCUT2D eigenvalue weighted by Gasteiger charge is -2.33. The summed E-state index contributed by atoms with van der Waals surface area (Å²) in [5.41, 5.74) is 0. The van der Waals surface area contributed by atoms with Gasteiger partial charge >= 0.3 is 0 Å². The minimum absolute atomic E-state index is 0.0525. The molecule has 0 radical (unpaired) electrons. The van der Waals surface area contributed by atoms with Gasteiger partial charge in [-0.1, -0.05) is 24.6 Å². The summed E-state index contributed by atoms with van der Waals surface area (Å²) in [4.78, 5) is 12.8. The summed E-state index contributed by atoms with van der Waals surface area (Å²) >= 11 is 0. The molecule has 2 fully saturated rings. The highest BCUT2D eigenvalue weighted by molar-refractivity contribution is 7.89. The molecule has 0 aromatic heterocycles. The molecule has 7 heteroatoms. The van der Waals surface area contributed by atoms with Gasteiger partial charge in [0, 0.05) is 19.7 Å². The van der Waals surface area contributed by atoms with E-state index in [9.17, 15) is 13.2 Å². The Labute approximate surface area is 143 Å². The molecule has 24 heavy (non-hydrogen) atoms. The molecular formula is C17H24N2O4S. The first-order valence-electron chi connectivity index (χ1n) is 8.55. The van der Waals surface area contributed by atoms with Gasteiger partial charge in [0.15, 0.2) is 0 Å². The minimum atomic E-state index is -3.65. The zero-order chi connectivity index (χ0) is 17.0. The zero-order valence-electron chi connectivity index (χ0n) is 13.7. The molecule has 6 nitrogen and oxygen atoms in total. The van der Waals surface area contributed by atoms with Crippen LogP contribution >= 0.6 is 0 Å². The Morgan fingerprint density at radius 3 is 2.67 bits per heavy atom. The Balaban J connectivity index is 1.71. The highest BCUT2D eigenvalue weighted by Crippen LogP contribution is 2.25. The zero-order valence-corrected chi connectivity index (χ0v) is 14.5. The van der Waals surface area contributed by atoms with Crippen LogP contribution in [0, 0.1) is 0 Å². The smallest absolute Gasteiger partial charge is 0.243 e. The van der Waals surface area contributed by atoms with Gasteiger partial charge in [-0.25, -0.2) is 8.42 Å². The van der Waals surface area contributed by atoms with Crippen LogP contribution < -0.4 is 5.32 Å². The van der Waals surface area contributed by atoms with Crippen molar-refractivity contribution < 1.29 is 17.9 Å². The van der Waals surface area contributed by atoms with Crippen LogP contribution in [0.2, 0.25) is 0 Å². The predicted molar refractivity (Wildman–Crippen MR) is 90.0 cm³/mol. The Kier molecular flexibility index (Phi) is 5.53. The van der Waals surface area contributed by atoms with Crippen molar-refractivity contribution >= 4 is 15.9 Å². The molecule has 1 amide bonds. The Morgan fingerprint density at radius 2 is 1.96 bits per heavy atom. The second kappa shape index (κ2) is 7.63. The van der Waals surface area contributed by atoms with Crippen molar-refractivity contribution in [3.8, 4) is 0 Å². The number of carbonyl (C=O) groups is 1. The highest BCUT2D eigenvalue weighted by Gasteiger charge is 2.37. The van der Waals surface area contributed by atoms with E-state index in [-0.39, 0.29) is 16.9 Å². The lowest BCUT2D eigenvalue weighted by Crippen LogP contribution is -2.52. The number of amides is 1. The third kappa shape index (κ3) is 3.79. The molecule has 3 rings (SSSR count). The quantitative estimate of drug-likeness (QED) is 0.872. The Morgan fingerprint density at radius 1 is 1.17 bits per heavy atom. The first-order chi connectivity index (χ1) is 11.6. The number of ether oxygens (including phenoxy) is 1. The average molecular weight is 352 g/mol. The van der Waals surface area contributed by atoms with E-state index in [0.29, 0.717) is 19.5 Å². The SMILES string of the molecule is O=C(NCC1CCCO1)C1CCCCN1S(=O)(=O)c1ccccc1. The maximum atomic E-state index is 12.9. The van der Waals surface area contributed by atoms with Crippen molar-refractivity contribution in [3.05, 3.63) is 30.3 Å². The van der Waals surface area contributed by atoms with E-state index in [1.165, 1.54) is 4.31 Å². The Hall–Kier alpha value is -1.44. The second-order valence-electron chi connectivity index (χ2n) is 6.32. The van der Waals surface area contributed by atoms with Gasteiger partial charge in [0.1, 0.15) is 6.04 Å². The fourth-order valence-electron chi connectivity index (χ4n) is 3.32. The first-order valence-corrected chi connectivity index (χ1v) is 9.99. The molecule has 0 aliphatic carbocycles. The number of benzene rings is 1. The molecule has 2 saturated heterocycles. The minimum Gasteiger partial charge on any atom is -0.376 e. The van der Waals surface area contributed by atoms with E-state index in [2.05, 4.69) is 5.32 Å². The lowest BCUT2D eigenvalue weighted by molar-refractivity contribution is -0.126. The van der Waals surface area contributed by atoms with Gasteiger partial charge in [-0.3, -0.25) is 4.79 Å². The number of piperidine rings is 1. The molecule has 2 atom stereocenters. The van der Waals surface area contributed by atoms with Gasteiger partial charge in [0.05, 0.1) is 11.0 Å². The number of carbonyl (C=O) groups excluding carboxylic acids is 1. The second-order valence-corrected chi connectivity index (χ2v) is 8.21. The summed E-state index contributed by atoms with van der Waals surface area (Å²) in [6, 6.07) is 7.69. The van der Waals surface area contributed by atoms with Crippen LogP contribution in [0.25, 0.3) is 0 Å². The number of hydrogen-bond donors (Lipinski definition) is 1. The van der Waals surface area contributed by atoms with Crippen molar-refractivity contribution in [1.29, 1.82) is 0 Å². The largest absolute Gasteiger partial charge is 0.376 e. The summed E-state index contributed by atoms with van der Waals surface area (Å²) < 4.78 is 32.6. The molecule has 2 aliphatic heterocycles. The van der Waals surface area contributed by atoms with Crippen LogP contribution in [0.1, 0.15) is 32.1 Å². The third-order valence-electron chi connectivity index (χ3n) is 4.63. The molecule has 1 aromatic carbocycles. The van der Waals surface area contributed by atoms with Crippen molar-refractivity contribution in [3.63, 3.8) is 0 Å². The predicted octanol–water partition coefficient (Wildman–Crippen LogP) is 1.52. The number of hydrogen-bond acceptors (Lipinski definition) is 4. The van der Waals surface area contributed by atoms with Gasteiger partial charge in [-0.15, -0.1) is 0 Å². The number of rotatable bonds is 5. The summed E-state index contributed by atoms with van der Waals surface area (Å²) in [5, 5.41) is 2.88. The average Bonchev–Trinajstić information content (AvgIpc) is 3.14. The van der Waals surface area contributed by atoms with Crippen LogP contribution in [0.15, 0.2) is 35.2 Å². The summed E-state index contributed by atoms with van der Waals surface area (Å²) in [6.07, 6.45) is 4.20. The van der Waals surface area contributed by atoms with Crippen molar-refractivity contribution in [2.75, 3.05) is 19.7 Å². The maximum absolute atomic E-state index is 12.9. The maximum Gasteiger partial charge on any atom is 0.243 e. The summed E-state index contributed by atoms with van der Waals surface area (Å²) in [6.45, 7) is 1.57. The normalized spacial score (nSPS) is 25.5. The van der Waals surface area contributed by atoms with Crippen molar-refractivity contribution in [2.24, 2.45) is 0 Å². The molecule has 132 valence electrons. The van der Waals surface area contributed by atoms with E-state index >= 15 is 0 Å². The van der Waals surface area contributed by atoms with Crippen LogP contribution in [0.3, 0.4) is 0 Å². The van der Waals surface area contributed by atoms with E-state index in [1.807, 2.05) is 0 Å². The fraction of sp³-hybridized carbons (Fsp3) is 0.588. The third-order valence-corrected chi connectivity index (χ3v) is 6.56. The van der Waals surface area contributed by atoms with Gasteiger partial charge in [-0.2, -0.15) is 4.31 Å². The number of sulfonamides is 1. The van der Waals surface area contributed by atoms with Gasteiger partial charge in [-0.05, 0) is 37.8 Å².